The molecular formula is C13H11FN2O2. The average molecular weight is 246 g/mol. The standard InChI is InChI=1S/C13H11FN2O2/c1-2-18-13-9(4-3-7-15-13)11-6-5-10(14)12(8-17)16-11/h3-8H,2H2,1H3. The van der Waals surface area contributed by atoms with Gasteiger partial charge in [0, 0.05) is 6.20 Å². The Morgan fingerprint density at radius 3 is 2.94 bits per heavy atom. The van der Waals surface area contributed by atoms with Crippen LogP contribution in [0.1, 0.15) is 17.4 Å². The van der Waals surface area contributed by atoms with Gasteiger partial charge in [-0.3, -0.25) is 4.79 Å². The summed E-state index contributed by atoms with van der Waals surface area (Å²) in [6, 6.07) is 6.17. The quantitative estimate of drug-likeness (QED) is 0.778. The van der Waals surface area contributed by atoms with Gasteiger partial charge in [0.15, 0.2) is 12.1 Å². The second-order valence-electron chi connectivity index (χ2n) is 3.47. The van der Waals surface area contributed by atoms with Crippen molar-refractivity contribution in [2.45, 2.75) is 6.92 Å². The Morgan fingerprint density at radius 1 is 1.39 bits per heavy atom. The molecule has 0 N–H and O–H groups in total. The van der Waals surface area contributed by atoms with Crippen LogP contribution in [0.15, 0.2) is 30.5 Å². The van der Waals surface area contributed by atoms with E-state index in [-0.39, 0.29) is 5.69 Å². The van der Waals surface area contributed by atoms with E-state index in [1.54, 1.807) is 18.3 Å². The molecule has 2 rings (SSSR count). The molecule has 0 saturated heterocycles. The number of pyridine rings is 2. The van der Waals surface area contributed by atoms with Gasteiger partial charge in [0.05, 0.1) is 17.9 Å². The lowest BCUT2D eigenvalue weighted by molar-refractivity contribution is 0.111. The summed E-state index contributed by atoms with van der Waals surface area (Å²) in [6.07, 6.45) is 1.98. The van der Waals surface area contributed by atoms with Gasteiger partial charge in [0.1, 0.15) is 5.69 Å². The van der Waals surface area contributed by atoms with Crippen molar-refractivity contribution in [2.24, 2.45) is 0 Å². The number of halogens is 1. The smallest absolute Gasteiger partial charge is 0.222 e. The fourth-order valence-corrected chi connectivity index (χ4v) is 1.53. The topological polar surface area (TPSA) is 52.1 Å². The Balaban J connectivity index is 2.51. The minimum atomic E-state index is -0.643. The van der Waals surface area contributed by atoms with Crippen LogP contribution in [-0.2, 0) is 0 Å². The van der Waals surface area contributed by atoms with E-state index in [1.807, 2.05) is 6.92 Å². The molecule has 0 bridgehead atoms. The van der Waals surface area contributed by atoms with Gasteiger partial charge >= 0.3 is 0 Å². The molecule has 0 saturated carbocycles. The highest BCUT2D eigenvalue weighted by Crippen LogP contribution is 2.26. The molecular weight excluding hydrogens is 235 g/mol. The first-order valence-corrected chi connectivity index (χ1v) is 5.46. The monoisotopic (exact) mass is 246 g/mol. The van der Waals surface area contributed by atoms with Gasteiger partial charge in [-0.25, -0.2) is 14.4 Å². The van der Waals surface area contributed by atoms with Gasteiger partial charge in [-0.05, 0) is 31.2 Å². The number of aldehydes is 1. The van der Waals surface area contributed by atoms with Crippen molar-refractivity contribution in [1.29, 1.82) is 0 Å². The Morgan fingerprint density at radius 2 is 2.22 bits per heavy atom. The molecule has 0 radical (unpaired) electrons. The summed E-state index contributed by atoms with van der Waals surface area (Å²) in [7, 11) is 0. The summed E-state index contributed by atoms with van der Waals surface area (Å²) in [4.78, 5) is 18.7. The van der Waals surface area contributed by atoms with E-state index < -0.39 is 5.82 Å². The lowest BCUT2D eigenvalue weighted by atomic mass is 10.1. The molecule has 0 aliphatic rings. The minimum Gasteiger partial charge on any atom is -0.477 e. The van der Waals surface area contributed by atoms with Crippen LogP contribution >= 0.6 is 0 Å². The molecule has 0 aliphatic carbocycles. The zero-order valence-electron chi connectivity index (χ0n) is 9.76. The van der Waals surface area contributed by atoms with Crippen molar-refractivity contribution in [3.05, 3.63) is 42.0 Å². The molecule has 4 nitrogen and oxygen atoms in total. The van der Waals surface area contributed by atoms with E-state index in [1.165, 1.54) is 12.1 Å². The maximum atomic E-state index is 13.2. The first-order valence-electron chi connectivity index (χ1n) is 5.46. The molecule has 0 spiro atoms. The van der Waals surface area contributed by atoms with Gasteiger partial charge in [-0.1, -0.05) is 0 Å². The summed E-state index contributed by atoms with van der Waals surface area (Å²) >= 11 is 0. The maximum Gasteiger partial charge on any atom is 0.222 e. The molecule has 5 heteroatoms. The number of carbonyl (C=O) groups excluding carboxylic acids is 1. The Hall–Kier alpha value is -2.30. The Bertz CT molecular complexity index is 573. The zero-order chi connectivity index (χ0) is 13.0. The molecule has 0 atom stereocenters. The average Bonchev–Trinajstić information content (AvgIpc) is 2.40. The van der Waals surface area contributed by atoms with E-state index in [9.17, 15) is 9.18 Å². The van der Waals surface area contributed by atoms with Crippen LogP contribution in [0.3, 0.4) is 0 Å². The molecule has 2 heterocycles. The van der Waals surface area contributed by atoms with Crippen LogP contribution in [0.4, 0.5) is 4.39 Å². The number of hydrogen-bond donors (Lipinski definition) is 0. The number of rotatable bonds is 4. The second kappa shape index (κ2) is 5.35. The van der Waals surface area contributed by atoms with Crippen LogP contribution < -0.4 is 4.74 Å². The molecule has 2 aromatic rings. The molecule has 0 fully saturated rings. The van der Waals surface area contributed by atoms with Gasteiger partial charge in [0.25, 0.3) is 0 Å². The van der Waals surface area contributed by atoms with E-state index >= 15 is 0 Å². The summed E-state index contributed by atoms with van der Waals surface area (Å²) < 4.78 is 18.6. The van der Waals surface area contributed by atoms with Gasteiger partial charge in [-0.15, -0.1) is 0 Å². The van der Waals surface area contributed by atoms with E-state index in [0.29, 0.717) is 30.0 Å². The summed E-state index contributed by atoms with van der Waals surface area (Å²) in [5, 5.41) is 0. The largest absolute Gasteiger partial charge is 0.477 e. The number of carbonyl (C=O) groups is 1. The van der Waals surface area contributed by atoms with Crippen LogP contribution in [0.2, 0.25) is 0 Å². The molecule has 2 aromatic heterocycles. The van der Waals surface area contributed by atoms with Crippen LogP contribution in [0, 0.1) is 5.82 Å². The molecule has 0 aromatic carbocycles. The summed E-state index contributed by atoms with van der Waals surface area (Å²) in [5.41, 5.74) is 0.858. The maximum absolute atomic E-state index is 13.2. The lowest BCUT2D eigenvalue weighted by Gasteiger charge is -2.08. The van der Waals surface area contributed by atoms with Crippen LogP contribution in [0.25, 0.3) is 11.3 Å². The molecule has 0 unspecified atom stereocenters. The SMILES string of the molecule is CCOc1ncccc1-c1ccc(F)c(C=O)n1. The van der Waals surface area contributed by atoms with Crippen molar-refractivity contribution in [3.63, 3.8) is 0 Å². The highest BCUT2D eigenvalue weighted by Gasteiger charge is 2.11. The molecule has 92 valence electrons. The van der Waals surface area contributed by atoms with Crippen molar-refractivity contribution in [3.8, 4) is 17.1 Å². The van der Waals surface area contributed by atoms with Crippen LogP contribution in [-0.4, -0.2) is 22.9 Å². The van der Waals surface area contributed by atoms with E-state index in [4.69, 9.17) is 4.74 Å². The van der Waals surface area contributed by atoms with Crippen molar-refractivity contribution >= 4 is 6.29 Å². The molecule has 18 heavy (non-hydrogen) atoms. The fraction of sp³-hybridized carbons (Fsp3) is 0.154. The predicted octanol–water partition coefficient (Wildman–Crippen LogP) is 2.49. The molecule has 0 aliphatic heterocycles. The predicted molar refractivity (Wildman–Crippen MR) is 64.0 cm³/mol. The third kappa shape index (κ3) is 2.34. The highest BCUT2D eigenvalue weighted by molar-refractivity contribution is 5.75. The lowest BCUT2D eigenvalue weighted by Crippen LogP contribution is -1.99. The first kappa shape index (κ1) is 12.2. The van der Waals surface area contributed by atoms with Crippen LogP contribution in [0.5, 0.6) is 5.88 Å². The Kier molecular flexibility index (Phi) is 3.62. The first-order chi connectivity index (χ1) is 8.76. The summed E-state index contributed by atoms with van der Waals surface area (Å²) in [6.45, 7) is 2.30. The fourth-order valence-electron chi connectivity index (χ4n) is 1.53. The number of nitrogens with zero attached hydrogens (tertiary/aromatic N) is 2. The normalized spacial score (nSPS) is 10.1. The molecule has 0 amide bonds. The summed E-state index contributed by atoms with van der Waals surface area (Å²) in [5.74, 6) is -0.230. The van der Waals surface area contributed by atoms with Gasteiger partial charge in [0.2, 0.25) is 5.88 Å². The number of aromatic nitrogens is 2. The Labute approximate surface area is 103 Å². The second-order valence-corrected chi connectivity index (χ2v) is 3.47. The van der Waals surface area contributed by atoms with Crippen molar-refractivity contribution in [1.82, 2.24) is 9.97 Å². The van der Waals surface area contributed by atoms with E-state index in [0.717, 1.165) is 0 Å². The highest BCUT2D eigenvalue weighted by atomic mass is 19.1. The van der Waals surface area contributed by atoms with Crippen molar-refractivity contribution in [2.75, 3.05) is 6.61 Å². The third-order valence-electron chi connectivity index (χ3n) is 2.31. The number of hydrogen-bond acceptors (Lipinski definition) is 4. The van der Waals surface area contributed by atoms with Crippen molar-refractivity contribution < 1.29 is 13.9 Å². The van der Waals surface area contributed by atoms with E-state index in [2.05, 4.69) is 9.97 Å². The van der Waals surface area contributed by atoms with Gasteiger partial charge < -0.3 is 4.74 Å². The number of ether oxygens (including phenoxy) is 1. The minimum absolute atomic E-state index is 0.223. The zero-order valence-corrected chi connectivity index (χ0v) is 9.76. The van der Waals surface area contributed by atoms with Gasteiger partial charge in [-0.2, -0.15) is 0 Å². The third-order valence-corrected chi connectivity index (χ3v) is 2.31.